The Kier molecular flexibility index (Phi) is 10.6. The monoisotopic (exact) mass is 1140 g/mol. The number of ketones is 1. The van der Waals surface area contributed by atoms with Gasteiger partial charge in [-0.15, -0.1) is 0 Å². The summed E-state index contributed by atoms with van der Waals surface area (Å²) in [5.74, 6) is 0.232. The second kappa shape index (κ2) is 17.2. The summed E-state index contributed by atoms with van der Waals surface area (Å²) in [5, 5.41) is 41.3. The van der Waals surface area contributed by atoms with E-state index in [4.69, 9.17) is 23.4 Å². The molecule has 10 aliphatic carbocycles. The Labute approximate surface area is 493 Å². The van der Waals surface area contributed by atoms with Crippen molar-refractivity contribution in [1.29, 1.82) is 0 Å². The summed E-state index contributed by atoms with van der Waals surface area (Å²) in [6.07, 6.45) is 27.1. The number of furan rings is 1. The first kappa shape index (κ1) is 51.9. The highest BCUT2D eigenvalue weighted by molar-refractivity contribution is 5.96. The SMILES string of the molecule is CC12CC3CC45CC6C=CC47C(=O)OCC48C(C(=O)C(O)C(C9CCCC(Cc%10ccccc%10)C9)(C34)C13OC3C(=O)OC2c1ccoc1CC(C(O)CO)C1CCC2C(C=CN3CNCC23)C1)C12OC87C(=CC1CCC1CCCCC12)CC5C6. The Morgan fingerprint density at radius 1 is 0.881 bits per heavy atom. The molecule has 19 rings (SSSR count). The maximum Gasteiger partial charge on any atom is 0.339 e. The van der Waals surface area contributed by atoms with Crippen molar-refractivity contribution in [2.24, 2.45) is 110 Å². The Morgan fingerprint density at radius 3 is 2.64 bits per heavy atom. The second-order valence-corrected chi connectivity index (χ2v) is 31.8. The van der Waals surface area contributed by atoms with Crippen LogP contribution in [0.25, 0.3) is 0 Å². The third-order valence-electron chi connectivity index (χ3n) is 29.6. The number of nitrogens with one attached hydrogen (secondary N) is 1. The normalized spacial score (nSPS) is 53.8. The van der Waals surface area contributed by atoms with Crippen molar-refractivity contribution >= 4 is 17.7 Å². The van der Waals surface area contributed by atoms with E-state index in [2.05, 4.69) is 78.0 Å². The molecule has 6 spiro atoms. The molecule has 6 bridgehead atoms. The number of hydrogen-bond acceptors (Lipinski definition) is 13. The molecular formula is C71H86N2O11. The van der Waals surface area contributed by atoms with Crippen molar-refractivity contribution in [2.75, 3.05) is 26.4 Å². The van der Waals surface area contributed by atoms with Crippen LogP contribution in [-0.4, -0.2) is 106 Å². The Morgan fingerprint density at radius 2 is 1.76 bits per heavy atom. The summed E-state index contributed by atoms with van der Waals surface area (Å²) in [5.41, 5.74) is -5.28. The fourth-order valence-corrected chi connectivity index (χ4v) is 27.6. The first-order chi connectivity index (χ1) is 40.8. The highest BCUT2D eigenvalue weighted by Gasteiger charge is 3.01. The quantitative estimate of drug-likeness (QED) is 0.106. The molecule has 7 aliphatic heterocycles. The molecule has 2 aromatic rings. The van der Waals surface area contributed by atoms with Gasteiger partial charge in [0.2, 0.25) is 0 Å². The number of nitrogens with zero attached hydrogens (tertiary/aromatic N) is 1. The lowest BCUT2D eigenvalue weighted by molar-refractivity contribution is -0.309. The van der Waals surface area contributed by atoms with E-state index < -0.39 is 86.1 Å². The largest absolute Gasteiger partial charge is 0.469 e. The summed E-state index contributed by atoms with van der Waals surface area (Å²) < 4.78 is 37.4. The van der Waals surface area contributed by atoms with Gasteiger partial charge in [-0.05, 0) is 190 Å². The van der Waals surface area contributed by atoms with Gasteiger partial charge in [-0.2, -0.15) is 0 Å². The summed E-state index contributed by atoms with van der Waals surface area (Å²) in [4.78, 5) is 52.1. The number of esters is 2. The maximum atomic E-state index is 17.7. The molecule has 27 unspecified atom stereocenters. The Hall–Kier alpha value is -4.11. The van der Waals surface area contributed by atoms with Gasteiger partial charge < -0.3 is 43.6 Å². The van der Waals surface area contributed by atoms with Gasteiger partial charge in [0.1, 0.15) is 41.2 Å². The molecule has 84 heavy (non-hydrogen) atoms. The van der Waals surface area contributed by atoms with Crippen LogP contribution >= 0.6 is 0 Å². The molecule has 8 heterocycles. The number of Topliss-reactive ketones (excluding diaryl/α,β-unsaturated/α-hetero) is 1. The van der Waals surface area contributed by atoms with E-state index >= 15 is 14.4 Å². The minimum Gasteiger partial charge on any atom is -0.469 e. The van der Waals surface area contributed by atoms with E-state index in [-0.39, 0.29) is 72.3 Å². The average molecular weight is 1140 g/mol. The zero-order valence-corrected chi connectivity index (χ0v) is 48.9. The number of epoxide rings is 1. The van der Waals surface area contributed by atoms with Crippen LogP contribution < -0.4 is 5.32 Å². The standard InChI is InChI=1S/C71H86N2O11/c1-64-32-44-33-65-31-40-18-21-67(65)63(79)81-36-66-57(44)68(45-12-7-10-39(25-45)24-38-8-3-2-4-9-38,59(77)56(76)58(66)69-46(16-14-41-11-5-6-13-52(41)69)28-48(29-47(65)26-40)70(66,67)84-69)71(64)61(83-71)62(78)82-60(64)50-20-23-80-55(50)30-51(54(75)35-74)42-15-17-49-43(27-42)19-22-73-37-72-34-53(49)73/h2-4,8-9,18-23,28,39-47,49,51-54,57-61,72,74-75,77H,5-7,10-17,24-27,29-37H2,1H3. The van der Waals surface area contributed by atoms with Crippen LogP contribution in [0.2, 0.25) is 0 Å². The Bertz CT molecular complexity index is 3250. The smallest absolute Gasteiger partial charge is 0.339 e. The van der Waals surface area contributed by atoms with E-state index in [0.29, 0.717) is 48.3 Å². The molecule has 0 amide bonds. The van der Waals surface area contributed by atoms with Crippen LogP contribution in [0.15, 0.2) is 83.2 Å². The molecule has 9 saturated carbocycles. The third-order valence-corrected chi connectivity index (χ3v) is 29.6. The van der Waals surface area contributed by atoms with Crippen LogP contribution in [0.5, 0.6) is 0 Å². The highest BCUT2D eigenvalue weighted by atomic mass is 16.7. The highest BCUT2D eigenvalue weighted by Crippen LogP contribution is 2.93. The zero-order valence-electron chi connectivity index (χ0n) is 48.9. The zero-order chi connectivity index (χ0) is 56.3. The molecule has 14 fully saturated rings. The lowest BCUT2D eigenvalue weighted by Crippen LogP contribution is -2.83. The van der Waals surface area contributed by atoms with Crippen LogP contribution in [-0.2, 0) is 46.2 Å². The number of aliphatic hydroxyl groups excluding tert-OH is 3. The topological polar surface area (TPSA) is 181 Å². The molecule has 13 heteroatoms. The van der Waals surface area contributed by atoms with Gasteiger partial charge in [0, 0.05) is 41.3 Å². The van der Waals surface area contributed by atoms with E-state index in [1.807, 2.05) is 6.07 Å². The summed E-state index contributed by atoms with van der Waals surface area (Å²) in [6.45, 7) is 3.82. The third kappa shape index (κ3) is 5.67. The summed E-state index contributed by atoms with van der Waals surface area (Å²) in [7, 11) is 0. The van der Waals surface area contributed by atoms with Gasteiger partial charge in [-0.1, -0.05) is 93.7 Å². The molecule has 27 atom stereocenters. The number of ether oxygens (including phenoxy) is 4. The van der Waals surface area contributed by atoms with Crippen molar-refractivity contribution in [3.8, 4) is 0 Å². The number of aliphatic hydroxyl groups is 3. The number of carbonyl (C=O) groups is 3. The lowest BCUT2D eigenvalue weighted by atomic mass is 9.28. The number of cyclic esters (lactones) is 2. The molecular weight excluding hydrogens is 1060 g/mol. The average Bonchev–Trinajstić information content (AvgIpc) is 1.40. The predicted molar refractivity (Wildman–Crippen MR) is 305 cm³/mol. The first-order valence-electron chi connectivity index (χ1n) is 33.8. The minimum absolute atomic E-state index is 0.0264. The van der Waals surface area contributed by atoms with Crippen molar-refractivity contribution < 1.29 is 53.1 Å². The maximum absolute atomic E-state index is 17.7. The second-order valence-electron chi connectivity index (χ2n) is 31.8. The number of fused-ring (bicyclic) bond motifs is 5. The summed E-state index contributed by atoms with van der Waals surface area (Å²) in [6, 6.07) is 13.2. The molecule has 446 valence electrons. The molecule has 1 aromatic carbocycles. The van der Waals surface area contributed by atoms with E-state index in [9.17, 15) is 15.3 Å². The van der Waals surface area contributed by atoms with Crippen molar-refractivity contribution in [2.45, 2.75) is 183 Å². The minimum atomic E-state index is -1.49. The Balaban J connectivity index is 0.818. The van der Waals surface area contributed by atoms with Gasteiger partial charge in [0.05, 0.1) is 42.6 Å². The van der Waals surface area contributed by atoms with Gasteiger partial charge in [0.15, 0.2) is 11.9 Å². The van der Waals surface area contributed by atoms with E-state index in [1.165, 1.54) is 11.1 Å². The predicted octanol–water partition coefficient (Wildman–Crippen LogP) is 9.14. The van der Waals surface area contributed by atoms with E-state index in [0.717, 1.165) is 134 Å². The first-order valence-corrected chi connectivity index (χ1v) is 33.8. The van der Waals surface area contributed by atoms with Crippen molar-refractivity contribution in [3.05, 3.63) is 95.6 Å². The van der Waals surface area contributed by atoms with Gasteiger partial charge in [0.25, 0.3) is 0 Å². The number of carbonyl (C=O) groups excluding carboxylic acids is 3. The van der Waals surface area contributed by atoms with Crippen molar-refractivity contribution in [3.63, 3.8) is 0 Å². The number of rotatable bonds is 9. The van der Waals surface area contributed by atoms with Crippen LogP contribution in [0.1, 0.15) is 145 Å². The molecule has 17 aliphatic rings. The molecule has 0 radical (unpaired) electrons. The molecule has 13 nitrogen and oxygen atoms in total. The molecule has 1 aromatic heterocycles. The number of hydrogen-bond donors (Lipinski definition) is 4. The van der Waals surface area contributed by atoms with Crippen molar-refractivity contribution in [1.82, 2.24) is 10.2 Å². The molecule has 4 N–H and O–H groups in total. The van der Waals surface area contributed by atoms with Crippen LogP contribution in [0.4, 0.5) is 0 Å². The van der Waals surface area contributed by atoms with Gasteiger partial charge in [-0.25, -0.2) is 4.79 Å². The van der Waals surface area contributed by atoms with Gasteiger partial charge >= 0.3 is 11.9 Å². The van der Waals surface area contributed by atoms with Crippen LogP contribution in [0, 0.1) is 110 Å². The lowest BCUT2D eigenvalue weighted by Gasteiger charge is -2.73. The van der Waals surface area contributed by atoms with E-state index in [1.54, 1.807) is 6.26 Å². The number of allylic oxidation sites excluding steroid dienone is 2. The van der Waals surface area contributed by atoms with Gasteiger partial charge in [-0.3, -0.25) is 14.9 Å². The fraction of sp³-hybridized carbons (Fsp3) is 0.732. The summed E-state index contributed by atoms with van der Waals surface area (Å²) >= 11 is 0. The van der Waals surface area contributed by atoms with Crippen LogP contribution in [0.3, 0.4) is 0 Å². The number of benzene rings is 1. The fourth-order valence-electron chi connectivity index (χ4n) is 27.6. The molecule has 5 saturated heterocycles.